The summed E-state index contributed by atoms with van der Waals surface area (Å²) >= 11 is 1.54. The van der Waals surface area contributed by atoms with Crippen LogP contribution in [0.4, 0.5) is 0 Å². The van der Waals surface area contributed by atoms with Crippen LogP contribution in [0.2, 0.25) is 0 Å². The zero-order valence-corrected chi connectivity index (χ0v) is 8.58. The average Bonchev–Trinajstić information content (AvgIpc) is 2.30. The number of hydrogen-bond donors (Lipinski definition) is 0. The summed E-state index contributed by atoms with van der Waals surface area (Å²) in [4.78, 5) is 8.42. The lowest BCUT2D eigenvalue weighted by Crippen LogP contribution is -1.86. The van der Waals surface area contributed by atoms with E-state index in [9.17, 15) is 0 Å². The lowest BCUT2D eigenvalue weighted by Gasteiger charge is -2.00. The second-order valence-electron chi connectivity index (χ2n) is 2.75. The molecule has 1 heterocycles. The van der Waals surface area contributed by atoms with Crippen LogP contribution in [0.1, 0.15) is 0 Å². The molecule has 0 saturated heterocycles. The van der Waals surface area contributed by atoms with Crippen LogP contribution in [0.3, 0.4) is 0 Å². The molecule has 0 spiro atoms. The first-order valence-corrected chi connectivity index (χ1v) is 5.45. The molecule has 0 fully saturated rings. The Morgan fingerprint density at radius 1 is 1.21 bits per heavy atom. The highest BCUT2D eigenvalue weighted by Gasteiger charge is 1.98. The van der Waals surface area contributed by atoms with Gasteiger partial charge in [0.25, 0.3) is 0 Å². The van der Waals surface area contributed by atoms with Crippen molar-refractivity contribution in [2.45, 2.75) is 5.16 Å². The summed E-state index contributed by atoms with van der Waals surface area (Å²) in [5.41, 5.74) is 2.12. The molecule has 3 heteroatoms. The molecule has 0 aliphatic heterocycles. The Morgan fingerprint density at radius 3 is 2.57 bits per heavy atom. The SMILES string of the molecule is CSc1ncc(-c2c[c]ccc2)cn1. The van der Waals surface area contributed by atoms with Gasteiger partial charge in [-0.15, -0.1) is 0 Å². The van der Waals surface area contributed by atoms with E-state index >= 15 is 0 Å². The van der Waals surface area contributed by atoms with Crippen molar-refractivity contribution in [1.82, 2.24) is 9.97 Å². The highest BCUT2D eigenvalue weighted by molar-refractivity contribution is 7.98. The van der Waals surface area contributed by atoms with Crippen molar-refractivity contribution in [3.8, 4) is 11.1 Å². The zero-order valence-electron chi connectivity index (χ0n) is 7.77. The maximum atomic E-state index is 4.21. The summed E-state index contributed by atoms with van der Waals surface area (Å²) in [5, 5.41) is 0.800. The monoisotopic (exact) mass is 201 g/mol. The molecule has 2 rings (SSSR count). The fourth-order valence-corrected chi connectivity index (χ4v) is 1.46. The van der Waals surface area contributed by atoms with Gasteiger partial charge in [0.05, 0.1) is 0 Å². The quantitative estimate of drug-likeness (QED) is 0.552. The van der Waals surface area contributed by atoms with Gasteiger partial charge in [0.2, 0.25) is 0 Å². The molecular formula is C11H9N2S. The Kier molecular flexibility index (Phi) is 2.79. The minimum absolute atomic E-state index is 0.800. The van der Waals surface area contributed by atoms with E-state index in [0.717, 1.165) is 16.3 Å². The molecule has 0 amide bonds. The zero-order chi connectivity index (χ0) is 9.80. The minimum Gasteiger partial charge on any atom is -0.230 e. The topological polar surface area (TPSA) is 25.8 Å². The van der Waals surface area contributed by atoms with E-state index in [0.29, 0.717) is 0 Å². The molecule has 0 saturated carbocycles. The van der Waals surface area contributed by atoms with E-state index in [-0.39, 0.29) is 0 Å². The van der Waals surface area contributed by atoms with Crippen LogP contribution >= 0.6 is 11.8 Å². The van der Waals surface area contributed by atoms with Gasteiger partial charge in [-0.05, 0) is 24.0 Å². The molecule has 2 aromatic rings. The van der Waals surface area contributed by atoms with Crippen LogP contribution in [0, 0.1) is 6.07 Å². The highest BCUT2D eigenvalue weighted by atomic mass is 32.2. The third-order valence-electron chi connectivity index (χ3n) is 1.85. The molecule has 0 bridgehead atoms. The highest BCUT2D eigenvalue weighted by Crippen LogP contribution is 2.17. The van der Waals surface area contributed by atoms with Crippen molar-refractivity contribution in [2.24, 2.45) is 0 Å². The van der Waals surface area contributed by atoms with Gasteiger partial charge in [-0.1, -0.05) is 30.0 Å². The summed E-state index contributed by atoms with van der Waals surface area (Å²) in [5.74, 6) is 0. The molecule has 1 aromatic carbocycles. The molecule has 0 atom stereocenters. The number of aromatic nitrogens is 2. The van der Waals surface area contributed by atoms with Crippen molar-refractivity contribution in [3.63, 3.8) is 0 Å². The Labute approximate surface area is 87.4 Å². The van der Waals surface area contributed by atoms with E-state index in [1.807, 2.05) is 42.9 Å². The van der Waals surface area contributed by atoms with E-state index in [1.165, 1.54) is 0 Å². The molecule has 0 aliphatic rings. The first-order chi connectivity index (χ1) is 6.90. The maximum absolute atomic E-state index is 4.21. The van der Waals surface area contributed by atoms with Gasteiger partial charge in [0, 0.05) is 18.0 Å². The van der Waals surface area contributed by atoms with Crippen molar-refractivity contribution in [2.75, 3.05) is 6.26 Å². The van der Waals surface area contributed by atoms with Crippen LogP contribution in [-0.2, 0) is 0 Å². The lowest BCUT2D eigenvalue weighted by atomic mass is 10.1. The molecule has 2 nitrogen and oxygen atoms in total. The third-order valence-corrected chi connectivity index (χ3v) is 2.43. The van der Waals surface area contributed by atoms with Crippen molar-refractivity contribution < 1.29 is 0 Å². The summed E-state index contributed by atoms with van der Waals surface area (Å²) in [6.45, 7) is 0. The number of rotatable bonds is 2. The van der Waals surface area contributed by atoms with E-state index < -0.39 is 0 Å². The summed E-state index contributed by atoms with van der Waals surface area (Å²) in [6, 6.07) is 10.8. The van der Waals surface area contributed by atoms with Gasteiger partial charge < -0.3 is 0 Å². The molecule has 1 aromatic heterocycles. The number of benzene rings is 1. The Morgan fingerprint density at radius 2 is 2.00 bits per heavy atom. The van der Waals surface area contributed by atoms with Gasteiger partial charge in [-0.3, -0.25) is 0 Å². The minimum atomic E-state index is 0.800. The average molecular weight is 201 g/mol. The number of thioether (sulfide) groups is 1. The molecule has 1 radical (unpaired) electrons. The first-order valence-electron chi connectivity index (χ1n) is 4.22. The lowest BCUT2D eigenvalue weighted by molar-refractivity contribution is 0.973. The summed E-state index contributed by atoms with van der Waals surface area (Å²) < 4.78 is 0. The molecule has 0 N–H and O–H groups in total. The summed E-state index contributed by atoms with van der Waals surface area (Å²) in [6.07, 6.45) is 5.63. The molecule has 69 valence electrons. The Balaban J connectivity index is 2.34. The van der Waals surface area contributed by atoms with Gasteiger partial charge in [0.15, 0.2) is 5.16 Å². The standard InChI is InChI=1S/C11H9N2S/c1-14-11-12-7-10(8-13-11)9-5-3-2-4-6-9/h2-3,5-8H,1H3. The normalized spacial score (nSPS) is 10.1. The van der Waals surface area contributed by atoms with Crippen LogP contribution in [-0.4, -0.2) is 16.2 Å². The fraction of sp³-hybridized carbons (Fsp3) is 0.0909. The van der Waals surface area contributed by atoms with Crippen LogP contribution < -0.4 is 0 Å². The molecular weight excluding hydrogens is 192 g/mol. The predicted molar refractivity (Wildman–Crippen MR) is 58.1 cm³/mol. The Hall–Kier alpha value is -1.35. The van der Waals surface area contributed by atoms with Crippen molar-refractivity contribution >= 4 is 11.8 Å². The number of hydrogen-bond acceptors (Lipinski definition) is 3. The van der Waals surface area contributed by atoms with Crippen molar-refractivity contribution in [1.29, 1.82) is 0 Å². The van der Waals surface area contributed by atoms with Gasteiger partial charge >= 0.3 is 0 Å². The second kappa shape index (κ2) is 4.24. The smallest absolute Gasteiger partial charge is 0.187 e. The molecule has 0 unspecified atom stereocenters. The second-order valence-corrected chi connectivity index (χ2v) is 3.52. The van der Waals surface area contributed by atoms with Gasteiger partial charge in [-0.25, -0.2) is 9.97 Å². The fourth-order valence-electron chi connectivity index (χ4n) is 1.14. The van der Waals surface area contributed by atoms with E-state index in [2.05, 4.69) is 16.0 Å². The summed E-state index contributed by atoms with van der Waals surface area (Å²) in [7, 11) is 0. The first kappa shape index (κ1) is 9.21. The van der Waals surface area contributed by atoms with Gasteiger partial charge in [0.1, 0.15) is 0 Å². The Bertz CT molecular complexity index is 397. The number of nitrogens with zero attached hydrogens (tertiary/aromatic N) is 2. The van der Waals surface area contributed by atoms with Crippen LogP contribution in [0.15, 0.2) is 41.8 Å². The predicted octanol–water partition coefficient (Wildman–Crippen LogP) is 2.67. The molecule has 14 heavy (non-hydrogen) atoms. The van der Waals surface area contributed by atoms with Gasteiger partial charge in [-0.2, -0.15) is 0 Å². The van der Waals surface area contributed by atoms with Crippen LogP contribution in [0.25, 0.3) is 11.1 Å². The van der Waals surface area contributed by atoms with Crippen LogP contribution in [0.5, 0.6) is 0 Å². The van der Waals surface area contributed by atoms with E-state index in [4.69, 9.17) is 0 Å². The van der Waals surface area contributed by atoms with E-state index in [1.54, 1.807) is 11.8 Å². The maximum Gasteiger partial charge on any atom is 0.187 e. The molecule has 0 aliphatic carbocycles. The third kappa shape index (κ3) is 1.93. The largest absolute Gasteiger partial charge is 0.230 e. The van der Waals surface area contributed by atoms with Crippen molar-refractivity contribution in [3.05, 3.63) is 42.7 Å².